The number of aliphatic hydroxyl groups excluding tert-OH is 1. The Bertz CT molecular complexity index is 301. The summed E-state index contributed by atoms with van der Waals surface area (Å²) < 4.78 is 0. The lowest BCUT2D eigenvalue weighted by molar-refractivity contribution is -0.403. The van der Waals surface area contributed by atoms with Crippen molar-refractivity contribution in [1.29, 1.82) is 0 Å². The van der Waals surface area contributed by atoms with Crippen molar-refractivity contribution >= 4 is 5.91 Å². The number of amides is 1. The summed E-state index contributed by atoms with van der Waals surface area (Å²) in [5, 5.41) is 11.2. The van der Waals surface area contributed by atoms with Crippen LogP contribution in [0.5, 0.6) is 0 Å². The van der Waals surface area contributed by atoms with Crippen molar-refractivity contribution in [2.75, 3.05) is 13.2 Å². The molecule has 0 aliphatic heterocycles. The molecule has 0 aliphatic carbocycles. The molecule has 0 radical (unpaired) electrons. The Morgan fingerprint density at radius 1 is 1.40 bits per heavy atom. The molecule has 0 heterocycles. The molecule has 0 bridgehead atoms. The molecule has 0 saturated carbocycles. The van der Waals surface area contributed by atoms with Gasteiger partial charge in [-0.15, -0.1) is 0 Å². The quantitative estimate of drug-likeness (QED) is 0.578. The van der Waals surface area contributed by atoms with Crippen LogP contribution in [0.3, 0.4) is 0 Å². The van der Waals surface area contributed by atoms with Crippen LogP contribution in [0, 0.1) is 0 Å². The summed E-state index contributed by atoms with van der Waals surface area (Å²) in [6, 6.07) is 9.45. The second kappa shape index (κ2) is 6.16. The fourth-order valence-corrected chi connectivity index (χ4v) is 1.31. The van der Waals surface area contributed by atoms with Crippen molar-refractivity contribution in [3.63, 3.8) is 0 Å². The van der Waals surface area contributed by atoms with E-state index in [1.807, 2.05) is 30.3 Å². The van der Waals surface area contributed by atoms with E-state index in [1.165, 1.54) is 0 Å². The summed E-state index contributed by atoms with van der Waals surface area (Å²) in [5.41, 5.74) is 4.89. The molecule has 4 heteroatoms. The minimum absolute atomic E-state index is 0.0379. The minimum Gasteiger partial charge on any atom is -0.395 e. The molecular formula is C11H17N2O2+. The van der Waals surface area contributed by atoms with E-state index in [-0.39, 0.29) is 18.6 Å². The van der Waals surface area contributed by atoms with Gasteiger partial charge in [0.25, 0.3) is 5.91 Å². The van der Waals surface area contributed by atoms with Crippen molar-refractivity contribution in [3.05, 3.63) is 35.9 Å². The smallest absolute Gasteiger partial charge is 0.278 e. The number of nitrogens with one attached hydrogen (secondary N) is 1. The molecule has 5 N–H and O–H groups in total. The maximum absolute atomic E-state index is 11.4. The fourth-order valence-electron chi connectivity index (χ4n) is 1.31. The van der Waals surface area contributed by atoms with Gasteiger partial charge in [-0.2, -0.15) is 0 Å². The van der Waals surface area contributed by atoms with Gasteiger partial charge in [0.1, 0.15) is 0 Å². The summed E-state index contributed by atoms with van der Waals surface area (Å²) >= 11 is 0. The zero-order chi connectivity index (χ0) is 11.1. The molecule has 1 atom stereocenters. The predicted octanol–water partition coefficient (Wildman–Crippen LogP) is -1.05. The number of rotatable bonds is 5. The van der Waals surface area contributed by atoms with E-state index in [0.29, 0.717) is 13.0 Å². The minimum atomic E-state index is -0.307. The third kappa shape index (κ3) is 4.10. The van der Waals surface area contributed by atoms with Crippen LogP contribution in [-0.2, 0) is 11.2 Å². The number of aliphatic hydroxyl groups is 1. The van der Waals surface area contributed by atoms with Crippen LogP contribution >= 0.6 is 0 Å². The summed E-state index contributed by atoms with van der Waals surface area (Å²) in [5.74, 6) is -0.118. The topological polar surface area (TPSA) is 77.0 Å². The van der Waals surface area contributed by atoms with Gasteiger partial charge in [0.05, 0.1) is 6.61 Å². The maximum Gasteiger partial charge on any atom is 0.278 e. The molecule has 1 rings (SSSR count). The highest BCUT2D eigenvalue weighted by molar-refractivity contribution is 5.80. The lowest BCUT2D eigenvalue weighted by atomic mass is 10.1. The van der Waals surface area contributed by atoms with E-state index < -0.39 is 0 Å². The molecule has 0 aliphatic rings. The Hall–Kier alpha value is -1.39. The zero-order valence-corrected chi connectivity index (χ0v) is 8.65. The number of carbonyl (C=O) groups excluding carboxylic acids is 1. The standard InChI is InChI=1S/C11H16N2O2/c12-10(11(15)13-6-7-14)8-9-4-2-1-3-5-9/h1-5,10,14H,6-8,12H2,(H,13,15)/p+1/t10-/m1/s1. The number of hydrogen-bond acceptors (Lipinski definition) is 2. The molecule has 0 fully saturated rings. The molecule has 15 heavy (non-hydrogen) atoms. The largest absolute Gasteiger partial charge is 0.395 e. The van der Waals surface area contributed by atoms with Crippen LogP contribution < -0.4 is 11.1 Å². The van der Waals surface area contributed by atoms with E-state index in [9.17, 15) is 4.79 Å². The van der Waals surface area contributed by atoms with Crippen LogP contribution in [-0.4, -0.2) is 30.2 Å². The molecule has 1 aromatic carbocycles. The number of quaternary nitrogens is 1. The van der Waals surface area contributed by atoms with Crippen molar-refractivity contribution in [3.8, 4) is 0 Å². The summed E-state index contributed by atoms with van der Waals surface area (Å²) in [7, 11) is 0. The molecule has 0 saturated heterocycles. The Labute approximate surface area is 89.1 Å². The van der Waals surface area contributed by atoms with E-state index >= 15 is 0 Å². The highest BCUT2D eigenvalue weighted by atomic mass is 16.3. The van der Waals surface area contributed by atoms with Crippen LogP contribution in [0.25, 0.3) is 0 Å². The van der Waals surface area contributed by atoms with Gasteiger partial charge in [-0.05, 0) is 5.56 Å². The molecule has 0 aromatic heterocycles. The highest BCUT2D eigenvalue weighted by Crippen LogP contribution is 2.00. The first-order valence-electron chi connectivity index (χ1n) is 4.99. The maximum atomic E-state index is 11.4. The van der Waals surface area contributed by atoms with Gasteiger partial charge in [0.15, 0.2) is 6.04 Å². The number of carbonyl (C=O) groups is 1. The molecule has 0 spiro atoms. The summed E-state index contributed by atoms with van der Waals surface area (Å²) in [6.07, 6.45) is 0.623. The summed E-state index contributed by atoms with van der Waals surface area (Å²) in [6.45, 7) is 0.253. The van der Waals surface area contributed by atoms with Gasteiger partial charge in [0, 0.05) is 13.0 Å². The molecule has 1 aromatic rings. The van der Waals surface area contributed by atoms with E-state index in [4.69, 9.17) is 5.11 Å². The van der Waals surface area contributed by atoms with Crippen molar-refractivity contribution < 1.29 is 15.6 Å². The van der Waals surface area contributed by atoms with Crippen molar-refractivity contribution in [1.82, 2.24) is 5.32 Å². The zero-order valence-electron chi connectivity index (χ0n) is 8.65. The van der Waals surface area contributed by atoms with E-state index in [1.54, 1.807) is 0 Å². The Morgan fingerprint density at radius 2 is 2.07 bits per heavy atom. The Kier molecular flexibility index (Phi) is 4.80. The molecule has 1 amide bonds. The van der Waals surface area contributed by atoms with Gasteiger partial charge in [-0.3, -0.25) is 4.79 Å². The van der Waals surface area contributed by atoms with Gasteiger partial charge in [0.2, 0.25) is 0 Å². The first-order valence-corrected chi connectivity index (χ1v) is 4.99. The highest BCUT2D eigenvalue weighted by Gasteiger charge is 2.16. The second-order valence-electron chi connectivity index (χ2n) is 3.40. The Balaban J connectivity index is 2.41. The van der Waals surface area contributed by atoms with Crippen LogP contribution in [0.15, 0.2) is 30.3 Å². The fraction of sp³-hybridized carbons (Fsp3) is 0.364. The van der Waals surface area contributed by atoms with Gasteiger partial charge in [-0.1, -0.05) is 30.3 Å². The normalized spacial score (nSPS) is 12.1. The Morgan fingerprint density at radius 3 is 2.67 bits per heavy atom. The van der Waals surface area contributed by atoms with Crippen LogP contribution in [0.1, 0.15) is 5.56 Å². The molecular weight excluding hydrogens is 192 g/mol. The van der Waals surface area contributed by atoms with E-state index in [2.05, 4.69) is 11.1 Å². The van der Waals surface area contributed by atoms with Gasteiger partial charge >= 0.3 is 0 Å². The first kappa shape index (κ1) is 11.7. The second-order valence-corrected chi connectivity index (χ2v) is 3.40. The van der Waals surface area contributed by atoms with Crippen LogP contribution in [0.2, 0.25) is 0 Å². The van der Waals surface area contributed by atoms with Crippen molar-refractivity contribution in [2.24, 2.45) is 0 Å². The third-order valence-electron chi connectivity index (χ3n) is 2.11. The predicted molar refractivity (Wildman–Crippen MR) is 56.9 cm³/mol. The third-order valence-corrected chi connectivity index (χ3v) is 2.11. The van der Waals surface area contributed by atoms with Crippen molar-refractivity contribution in [2.45, 2.75) is 12.5 Å². The first-order chi connectivity index (χ1) is 7.24. The average molecular weight is 209 g/mol. The number of benzene rings is 1. The lowest BCUT2D eigenvalue weighted by Crippen LogP contribution is -2.68. The van der Waals surface area contributed by atoms with Gasteiger partial charge < -0.3 is 16.2 Å². The monoisotopic (exact) mass is 209 g/mol. The number of hydrogen-bond donors (Lipinski definition) is 3. The molecule has 0 unspecified atom stereocenters. The average Bonchev–Trinajstić information content (AvgIpc) is 2.27. The molecule has 4 nitrogen and oxygen atoms in total. The lowest BCUT2D eigenvalue weighted by Gasteiger charge is -2.08. The SMILES string of the molecule is [NH3+][C@H](Cc1ccccc1)C(=O)NCCO. The summed E-state index contributed by atoms with van der Waals surface area (Å²) in [4.78, 5) is 11.4. The molecule has 82 valence electrons. The van der Waals surface area contributed by atoms with E-state index in [0.717, 1.165) is 5.56 Å². The van der Waals surface area contributed by atoms with Gasteiger partial charge in [-0.25, -0.2) is 0 Å². The van der Waals surface area contributed by atoms with Crippen LogP contribution in [0.4, 0.5) is 0 Å².